The quantitative estimate of drug-likeness (QED) is 0.890. The van der Waals surface area contributed by atoms with E-state index in [0.29, 0.717) is 6.54 Å². The second kappa shape index (κ2) is 4.79. The summed E-state index contributed by atoms with van der Waals surface area (Å²) in [4.78, 5) is 7.07. The molecule has 0 saturated carbocycles. The van der Waals surface area contributed by atoms with Crippen LogP contribution in [0.3, 0.4) is 0 Å². The number of likely N-dealkylation sites (N-methyl/N-ethyl adjacent to an activating group) is 1. The smallest absolute Gasteiger partial charge is 0.140 e. The third kappa shape index (κ3) is 2.17. The maximum atomic E-state index is 5.84. The second-order valence-corrected chi connectivity index (χ2v) is 5.29. The molecule has 1 aliphatic rings. The largest absolute Gasteiger partial charge is 0.325 e. The molecule has 100 valence electrons. The van der Waals surface area contributed by atoms with Crippen LogP contribution in [0.5, 0.6) is 0 Å². The van der Waals surface area contributed by atoms with E-state index in [1.54, 1.807) is 0 Å². The van der Waals surface area contributed by atoms with E-state index in [4.69, 9.17) is 10.7 Å². The van der Waals surface area contributed by atoms with E-state index in [0.717, 1.165) is 31.2 Å². The van der Waals surface area contributed by atoms with Gasteiger partial charge >= 0.3 is 0 Å². The summed E-state index contributed by atoms with van der Waals surface area (Å²) in [6.07, 6.45) is 0. The zero-order chi connectivity index (χ0) is 13.4. The molecule has 0 aliphatic carbocycles. The topological polar surface area (TPSA) is 47.1 Å². The molecule has 0 spiro atoms. The van der Waals surface area contributed by atoms with Gasteiger partial charge in [0.15, 0.2) is 0 Å². The minimum atomic E-state index is 0.509. The van der Waals surface area contributed by atoms with Crippen LogP contribution in [0.15, 0.2) is 24.3 Å². The lowest BCUT2D eigenvalue weighted by Gasteiger charge is -2.25. The van der Waals surface area contributed by atoms with Crippen LogP contribution < -0.4 is 5.73 Å². The predicted octanol–water partition coefficient (Wildman–Crippen LogP) is 1.76. The van der Waals surface area contributed by atoms with Crippen molar-refractivity contribution in [2.75, 3.05) is 13.6 Å². The van der Waals surface area contributed by atoms with E-state index in [2.05, 4.69) is 47.7 Å². The van der Waals surface area contributed by atoms with Crippen molar-refractivity contribution in [1.82, 2.24) is 14.5 Å². The van der Waals surface area contributed by atoms with Crippen molar-refractivity contribution in [3.8, 4) is 11.4 Å². The predicted molar refractivity (Wildman–Crippen MR) is 76.6 cm³/mol. The SMILES string of the molecule is Cc1ccc(-c2nc(CN)c3n2CCN(C)C3)cc1. The Kier molecular flexibility index (Phi) is 3.12. The Bertz CT molecular complexity index is 583. The summed E-state index contributed by atoms with van der Waals surface area (Å²) in [5.41, 5.74) is 10.6. The molecule has 1 aliphatic heterocycles. The third-order valence-electron chi connectivity index (χ3n) is 3.78. The third-order valence-corrected chi connectivity index (χ3v) is 3.78. The highest BCUT2D eigenvalue weighted by atomic mass is 15.2. The molecule has 0 saturated heterocycles. The summed E-state index contributed by atoms with van der Waals surface area (Å²) < 4.78 is 2.33. The Hall–Kier alpha value is -1.65. The molecule has 4 heteroatoms. The summed E-state index contributed by atoms with van der Waals surface area (Å²) in [7, 11) is 2.14. The van der Waals surface area contributed by atoms with Crippen LogP contribution in [0.1, 0.15) is 17.0 Å². The van der Waals surface area contributed by atoms with E-state index in [1.807, 2.05) is 0 Å². The standard InChI is InChI=1S/C15H20N4/c1-11-3-5-12(6-4-11)15-17-13(9-16)14-10-18(2)7-8-19(14)15/h3-6H,7-10,16H2,1-2H3. The second-order valence-electron chi connectivity index (χ2n) is 5.29. The molecular formula is C15H20N4. The first kappa shape index (κ1) is 12.4. The van der Waals surface area contributed by atoms with E-state index < -0.39 is 0 Å². The first-order chi connectivity index (χ1) is 9.19. The molecule has 1 aromatic heterocycles. The van der Waals surface area contributed by atoms with Gasteiger partial charge in [-0.05, 0) is 14.0 Å². The fourth-order valence-corrected chi connectivity index (χ4v) is 2.65. The number of nitrogens with two attached hydrogens (primary N) is 1. The number of hydrogen-bond acceptors (Lipinski definition) is 3. The maximum absolute atomic E-state index is 5.84. The fourth-order valence-electron chi connectivity index (χ4n) is 2.65. The van der Waals surface area contributed by atoms with Gasteiger partial charge in [0.05, 0.1) is 11.4 Å². The normalized spacial score (nSPS) is 15.5. The van der Waals surface area contributed by atoms with E-state index in [-0.39, 0.29) is 0 Å². The van der Waals surface area contributed by atoms with Gasteiger partial charge < -0.3 is 10.3 Å². The number of nitrogens with zero attached hydrogens (tertiary/aromatic N) is 3. The number of benzene rings is 1. The molecule has 2 heterocycles. The summed E-state index contributed by atoms with van der Waals surface area (Å²) in [6, 6.07) is 8.55. The molecule has 0 radical (unpaired) electrons. The summed E-state index contributed by atoms with van der Waals surface area (Å²) in [5.74, 6) is 1.06. The Morgan fingerprint density at radius 1 is 1.21 bits per heavy atom. The Morgan fingerprint density at radius 3 is 2.63 bits per heavy atom. The lowest BCUT2D eigenvalue weighted by Crippen LogP contribution is -2.31. The number of imidazole rings is 1. The zero-order valence-corrected chi connectivity index (χ0v) is 11.6. The molecule has 4 nitrogen and oxygen atoms in total. The van der Waals surface area contributed by atoms with Crippen LogP contribution in [-0.4, -0.2) is 28.0 Å². The van der Waals surface area contributed by atoms with Crippen molar-refractivity contribution in [1.29, 1.82) is 0 Å². The lowest BCUT2D eigenvalue weighted by molar-refractivity contribution is 0.270. The van der Waals surface area contributed by atoms with Crippen LogP contribution >= 0.6 is 0 Å². The van der Waals surface area contributed by atoms with Crippen LogP contribution in [0.25, 0.3) is 11.4 Å². The number of aryl methyl sites for hydroxylation is 1. The van der Waals surface area contributed by atoms with Crippen molar-refractivity contribution < 1.29 is 0 Å². The van der Waals surface area contributed by atoms with Gasteiger partial charge in [0, 0.05) is 31.7 Å². The minimum absolute atomic E-state index is 0.509. The zero-order valence-electron chi connectivity index (χ0n) is 11.6. The Balaban J connectivity index is 2.09. The first-order valence-corrected chi connectivity index (χ1v) is 6.73. The van der Waals surface area contributed by atoms with Gasteiger partial charge in [0.2, 0.25) is 0 Å². The molecule has 2 N–H and O–H groups in total. The van der Waals surface area contributed by atoms with E-state index >= 15 is 0 Å². The fraction of sp³-hybridized carbons (Fsp3) is 0.400. The van der Waals surface area contributed by atoms with Crippen LogP contribution in [0.2, 0.25) is 0 Å². The monoisotopic (exact) mass is 256 g/mol. The lowest BCUT2D eigenvalue weighted by atomic mass is 10.1. The summed E-state index contributed by atoms with van der Waals surface area (Å²) in [6.45, 7) is 5.60. The molecule has 1 aromatic carbocycles. The highest BCUT2D eigenvalue weighted by molar-refractivity contribution is 5.57. The highest BCUT2D eigenvalue weighted by Gasteiger charge is 2.22. The van der Waals surface area contributed by atoms with Crippen LogP contribution in [0, 0.1) is 6.92 Å². The summed E-state index contributed by atoms with van der Waals surface area (Å²) in [5, 5.41) is 0. The average molecular weight is 256 g/mol. The molecule has 3 rings (SSSR count). The number of aromatic nitrogens is 2. The Morgan fingerprint density at radius 2 is 1.95 bits per heavy atom. The molecule has 0 unspecified atom stereocenters. The molecule has 19 heavy (non-hydrogen) atoms. The van der Waals surface area contributed by atoms with Crippen LogP contribution in [-0.2, 0) is 19.6 Å². The molecule has 0 atom stereocenters. The van der Waals surface area contributed by atoms with Crippen molar-refractivity contribution in [2.45, 2.75) is 26.6 Å². The van der Waals surface area contributed by atoms with Crippen molar-refractivity contribution in [3.05, 3.63) is 41.2 Å². The van der Waals surface area contributed by atoms with Crippen molar-refractivity contribution in [3.63, 3.8) is 0 Å². The average Bonchev–Trinajstić information content (AvgIpc) is 2.77. The molecular weight excluding hydrogens is 236 g/mol. The van der Waals surface area contributed by atoms with Gasteiger partial charge in [0.25, 0.3) is 0 Å². The molecule has 2 aromatic rings. The first-order valence-electron chi connectivity index (χ1n) is 6.73. The van der Waals surface area contributed by atoms with Gasteiger partial charge in [-0.25, -0.2) is 4.98 Å². The number of hydrogen-bond donors (Lipinski definition) is 1. The Labute approximate surface area is 113 Å². The minimum Gasteiger partial charge on any atom is -0.325 e. The number of rotatable bonds is 2. The molecule has 0 bridgehead atoms. The number of fused-ring (bicyclic) bond motifs is 1. The van der Waals surface area contributed by atoms with Crippen LogP contribution in [0.4, 0.5) is 0 Å². The van der Waals surface area contributed by atoms with E-state index in [9.17, 15) is 0 Å². The summed E-state index contributed by atoms with van der Waals surface area (Å²) >= 11 is 0. The van der Waals surface area contributed by atoms with Crippen molar-refractivity contribution in [2.24, 2.45) is 5.73 Å². The van der Waals surface area contributed by atoms with Gasteiger partial charge in [-0.15, -0.1) is 0 Å². The molecule has 0 amide bonds. The van der Waals surface area contributed by atoms with Gasteiger partial charge in [-0.1, -0.05) is 29.8 Å². The molecule has 0 fully saturated rings. The van der Waals surface area contributed by atoms with E-state index in [1.165, 1.54) is 16.8 Å². The van der Waals surface area contributed by atoms with Crippen molar-refractivity contribution >= 4 is 0 Å². The highest BCUT2D eigenvalue weighted by Crippen LogP contribution is 2.26. The van der Waals surface area contributed by atoms with Gasteiger partial charge in [0.1, 0.15) is 5.82 Å². The van der Waals surface area contributed by atoms with Gasteiger partial charge in [-0.2, -0.15) is 0 Å². The maximum Gasteiger partial charge on any atom is 0.140 e. The van der Waals surface area contributed by atoms with Gasteiger partial charge in [-0.3, -0.25) is 4.90 Å².